The lowest BCUT2D eigenvalue weighted by atomic mass is 10.3. The van der Waals surface area contributed by atoms with Crippen LogP contribution in [0.15, 0.2) is 24.3 Å². The molecule has 0 amide bonds. The van der Waals surface area contributed by atoms with E-state index in [9.17, 15) is 5.11 Å². The third-order valence-electron chi connectivity index (χ3n) is 4.83. The number of ether oxygens (including phenoxy) is 3. The molecular formula is C20H30O4Si. The van der Waals surface area contributed by atoms with Crippen molar-refractivity contribution in [2.24, 2.45) is 0 Å². The van der Waals surface area contributed by atoms with Crippen molar-refractivity contribution >= 4 is 8.07 Å². The van der Waals surface area contributed by atoms with Crippen LogP contribution in [0.3, 0.4) is 0 Å². The summed E-state index contributed by atoms with van der Waals surface area (Å²) in [5, 5.41) is 10.2. The number of rotatable bonds is 10. The first kappa shape index (κ1) is 19.8. The van der Waals surface area contributed by atoms with Gasteiger partial charge in [-0.25, -0.2) is 0 Å². The molecule has 2 atom stereocenters. The zero-order chi connectivity index (χ0) is 18.1. The molecule has 1 fully saturated rings. The van der Waals surface area contributed by atoms with Gasteiger partial charge in [0.05, 0.1) is 12.7 Å². The van der Waals surface area contributed by atoms with E-state index in [1.807, 2.05) is 24.3 Å². The van der Waals surface area contributed by atoms with Crippen LogP contribution < -0.4 is 9.47 Å². The lowest BCUT2D eigenvalue weighted by Crippen LogP contribution is -2.29. The molecule has 5 heteroatoms. The molecule has 0 spiro atoms. The van der Waals surface area contributed by atoms with Crippen molar-refractivity contribution in [3.63, 3.8) is 0 Å². The summed E-state index contributed by atoms with van der Waals surface area (Å²) in [5.41, 5.74) is 3.50. The number of hydrogen-bond acceptors (Lipinski definition) is 4. The first-order valence-corrected chi connectivity index (χ1v) is 11.9. The lowest BCUT2D eigenvalue weighted by molar-refractivity contribution is 0.109. The Balaban J connectivity index is 1.82. The Hall–Kier alpha value is -1.48. The van der Waals surface area contributed by atoms with E-state index in [0.29, 0.717) is 24.5 Å². The van der Waals surface area contributed by atoms with Gasteiger partial charge in [0.1, 0.15) is 27.4 Å². The summed E-state index contributed by atoms with van der Waals surface area (Å²) in [6.45, 7) is 8.21. The van der Waals surface area contributed by atoms with Gasteiger partial charge >= 0.3 is 0 Å². The molecule has 138 valence electrons. The Bertz CT molecular complexity index is 577. The van der Waals surface area contributed by atoms with Crippen LogP contribution in [-0.4, -0.2) is 45.2 Å². The molecule has 1 saturated heterocycles. The van der Waals surface area contributed by atoms with Crippen LogP contribution in [0.1, 0.15) is 27.2 Å². The first-order valence-electron chi connectivity index (χ1n) is 9.26. The normalized spacial score (nSPS) is 17.4. The molecule has 1 aromatic carbocycles. The van der Waals surface area contributed by atoms with Gasteiger partial charge in [0.25, 0.3) is 0 Å². The maximum atomic E-state index is 10.2. The topological polar surface area (TPSA) is 51.2 Å². The van der Waals surface area contributed by atoms with Crippen LogP contribution in [0.25, 0.3) is 0 Å². The van der Waals surface area contributed by atoms with Crippen LogP contribution in [0.2, 0.25) is 18.1 Å². The molecule has 2 rings (SSSR count). The van der Waals surface area contributed by atoms with E-state index in [-0.39, 0.29) is 12.7 Å². The van der Waals surface area contributed by atoms with Crippen LogP contribution in [-0.2, 0) is 4.74 Å². The average Bonchev–Trinajstić information content (AvgIpc) is 3.47. The summed E-state index contributed by atoms with van der Waals surface area (Å²) in [6.07, 6.45) is 0.0619. The third kappa shape index (κ3) is 6.39. The number of epoxide rings is 1. The maximum Gasteiger partial charge on any atom is 0.161 e. The summed E-state index contributed by atoms with van der Waals surface area (Å²) in [5.74, 6) is 4.55. The van der Waals surface area contributed by atoms with Crippen molar-refractivity contribution < 1.29 is 19.3 Å². The van der Waals surface area contributed by atoms with Gasteiger partial charge in [0, 0.05) is 6.42 Å². The number of aliphatic hydroxyl groups excluding tert-OH is 1. The lowest BCUT2D eigenvalue weighted by Gasteiger charge is -2.20. The predicted octanol–water partition coefficient (Wildman–Crippen LogP) is 3.65. The minimum Gasteiger partial charge on any atom is -0.487 e. The molecule has 1 heterocycles. The van der Waals surface area contributed by atoms with Gasteiger partial charge in [-0.05, 0) is 30.3 Å². The summed E-state index contributed by atoms with van der Waals surface area (Å²) in [7, 11) is -1.44. The van der Waals surface area contributed by atoms with Crippen molar-refractivity contribution in [2.45, 2.75) is 57.5 Å². The summed E-state index contributed by atoms with van der Waals surface area (Å²) in [4.78, 5) is 0. The molecule has 0 unspecified atom stereocenters. The van der Waals surface area contributed by atoms with E-state index in [1.165, 1.54) is 18.1 Å². The molecule has 0 radical (unpaired) electrons. The fourth-order valence-corrected chi connectivity index (χ4v) is 5.16. The predicted molar refractivity (Wildman–Crippen MR) is 103 cm³/mol. The quantitative estimate of drug-likeness (QED) is 0.392. The molecule has 0 saturated carbocycles. The van der Waals surface area contributed by atoms with E-state index in [4.69, 9.17) is 14.2 Å². The highest BCUT2D eigenvalue weighted by atomic mass is 28.3. The van der Waals surface area contributed by atoms with Crippen LogP contribution >= 0.6 is 0 Å². The molecule has 0 bridgehead atoms. The molecule has 1 aliphatic rings. The van der Waals surface area contributed by atoms with Crippen molar-refractivity contribution in [3.05, 3.63) is 24.3 Å². The SMILES string of the molecule is CC[Si](C#CC[C@@H](O)COc1ccccc1OC[C@H]1CO1)(CC)CC. The standard InChI is InChI=1S/C20H30O4Si/c1-4-25(5-2,6-3)13-9-10-17(21)14-23-19-11-7-8-12-20(19)24-16-18-15-22-18/h7-8,11-12,17-18,21H,4-6,10,14-16H2,1-3H3/t17-,18-/m1/s1. The monoisotopic (exact) mass is 362 g/mol. The van der Waals surface area contributed by atoms with E-state index in [1.54, 1.807) is 0 Å². The third-order valence-corrected chi connectivity index (χ3v) is 9.60. The number of benzene rings is 1. The van der Waals surface area contributed by atoms with Crippen LogP contribution in [0, 0.1) is 11.5 Å². The Kier molecular flexibility index (Phi) is 7.82. The van der Waals surface area contributed by atoms with Gasteiger partial charge < -0.3 is 19.3 Å². The summed E-state index contributed by atoms with van der Waals surface area (Å²) >= 11 is 0. The molecule has 1 aromatic rings. The van der Waals surface area contributed by atoms with Crippen LogP contribution in [0.5, 0.6) is 11.5 Å². The zero-order valence-corrected chi connectivity index (χ0v) is 16.6. The Morgan fingerprint density at radius 1 is 1.16 bits per heavy atom. The summed E-state index contributed by atoms with van der Waals surface area (Å²) < 4.78 is 16.6. The highest BCUT2D eigenvalue weighted by molar-refractivity contribution is 6.87. The molecule has 0 aliphatic carbocycles. The fourth-order valence-electron chi connectivity index (χ4n) is 2.65. The van der Waals surface area contributed by atoms with Gasteiger partial charge in [-0.3, -0.25) is 0 Å². The molecule has 0 aromatic heterocycles. The van der Waals surface area contributed by atoms with Gasteiger partial charge in [-0.2, -0.15) is 0 Å². The second-order valence-corrected chi connectivity index (χ2v) is 11.5. The molecule has 4 nitrogen and oxygen atoms in total. The highest BCUT2D eigenvalue weighted by Crippen LogP contribution is 2.27. The average molecular weight is 363 g/mol. The number of hydrogen-bond donors (Lipinski definition) is 1. The van der Waals surface area contributed by atoms with E-state index in [0.717, 1.165) is 6.61 Å². The first-order chi connectivity index (χ1) is 12.1. The number of para-hydroxylation sites is 2. The van der Waals surface area contributed by atoms with E-state index >= 15 is 0 Å². The second kappa shape index (κ2) is 9.86. The van der Waals surface area contributed by atoms with E-state index < -0.39 is 14.2 Å². The maximum absolute atomic E-state index is 10.2. The van der Waals surface area contributed by atoms with Gasteiger partial charge in [0.15, 0.2) is 11.5 Å². The van der Waals surface area contributed by atoms with Crippen molar-refractivity contribution in [2.75, 3.05) is 19.8 Å². The Morgan fingerprint density at radius 2 is 1.76 bits per heavy atom. The minimum absolute atomic E-state index is 0.203. The van der Waals surface area contributed by atoms with Crippen molar-refractivity contribution in [1.82, 2.24) is 0 Å². The molecule has 25 heavy (non-hydrogen) atoms. The molecule has 1 aliphatic heterocycles. The van der Waals surface area contributed by atoms with Crippen molar-refractivity contribution in [3.8, 4) is 23.0 Å². The van der Waals surface area contributed by atoms with Crippen LogP contribution in [0.4, 0.5) is 0 Å². The summed E-state index contributed by atoms with van der Waals surface area (Å²) in [6, 6.07) is 11.0. The molecular weight excluding hydrogens is 332 g/mol. The van der Waals surface area contributed by atoms with Gasteiger partial charge in [-0.1, -0.05) is 32.9 Å². The van der Waals surface area contributed by atoms with E-state index in [2.05, 4.69) is 32.2 Å². The van der Waals surface area contributed by atoms with Crippen molar-refractivity contribution in [1.29, 1.82) is 0 Å². The van der Waals surface area contributed by atoms with Gasteiger partial charge in [-0.15, -0.1) is 11.5 Å². The zero-order valence-electron chi connectivity index (χ0n) is 15.6. The second-order valence-electron chi connectivity index (χ2n) is 6.52. The fraction of sp³-hybridized carbons (Fsp3) is 0.600. The number of aliphatic hydroxyl groups is 1. The largest absolute Gasteiger partial charge is 0.487 e. The van der Waals surface area contributed by atoms with Gasteiger partial charge in [0.2, 0.25) is 0 Å². The Labute approximate surface area is 152 Å². The minimum atomic E-state index is -1.44. The Morgan fingerprint density at radius 3 is 2.32 bits per heavy atom. The highest BCUT2D eigenvalue weighted by Gasteiger charge is 2.24. The smallest absolute Gasteiger partial charge is 0.161 e. The molecule has 1 N–H and O–H groups in total.